The molecule has 21 heavy (non-hydrogen) atoms. The normalized spacial score (nSPS) is 15.4. The fourth-order valence-electron chi connectivity index (χ4n) is 1.89. The van der Waals surface area contributed by atoms with E-state index in [0.29, 0.717) is 5.56 Å². The standard InChI is InChI=1S/C16H21NO4/c1-4-5-11-13(14(18)19)17-15(20)16(2,21-3)12-9-7-6-8-10-12/h4-10,13H,11H2,1-3H3,(H,17,20)(H,18,19)/b5-4+. The Balaban J connectivity index is 2.95. The third-order valence-electron chi connectivity index (χ3n) is 3.38. The Bertz CT molecular complexity index is 512. The molecule has 1 rings (SSSR count). The number of carbonyl (C=O) groups excluding carboxylic acids is 1. The van der Waals surface area contributed by atoms with Gasteiger partial charge in [0.15, 0.2) is 5.60 Å². The van der Waals surface area contributed by atoms with Gasteiger partial charge in [0.1, 0.15) is 6.04 Å². The van der Waals surface area contributed by atoms with Crippen LogP contribution < -0.4 is 5.32 Å². The second-order valence-electron chi connectivity index (χ2n) is 4.77. The Labute approximate surface area is 124 Å². The average molecular weight is 291 g/mol. The lowest BCUT2D eigenvalue weighted by molar-refractivity contribution is -0.149. The van der Waals surface area contributed by atoms with Gasteiger partial charge in [0.25, 0.3) is 5.91 Å². The SMILES string of the molecule is C/C=C/CC(NC(=O)C(C)(OC)c1ccccc1)C(=O)O. The number of hydrogen-bond acceptors (Lipinski definition) is 3. The maximum atomic E-state index is 12.5. The van der Waals surface area contributed by atoms with Gasteiger partial charge in [-0.3, -0.25) is 4.79 Å². The summed E-state index contributed by atoms with van der Waals surface area (Å²) in [6.07, 6.45) is 3.67. The summed E-state index contributed by atoms with van der Waals surface area (Å²) in [5.74, 6) is -1.55. The molecule has 0 aromatic heterocycles. The number of allylic oxidation sites excluding steroid dienone is 1. The Morgan fingerprint density at radius 3 is 2.48 bits per heavy atom. The molecule has 5 nitrogen and oxygen atoms in total. The average Bonchev–Trinajstić information content (AvgIpc) is 2.50. The Morgan fingerprint density at radius 1 is 1.38 bits per heavy atom. The minimum atomic E-state index is -1.23. The molecule has 0 radical (unpaired) electrons. The molecule has 5 heteroatoms. The summed E-state index contributed by atoms with van der Waals surface area (Å²) in [6.45, 7) is 3.41. The fourth-order valence-corrected chi connectivity index (χ4v) is 1.89. The maximum absolute atomic E-state index is 12.5. The number of methoxy groups -OCH3 is 1. The molecule has 0 heterocycles. The number of aliphatic carboxylic acids is 1. The van der Waals surface area contributed by atoms with Crippen molar-refractivity contribution < 1.29 is 19.4 Å². The van der Waals surface area contributed by atoms with Gasteiger partial charge in [0.05, 0.1) is 0 Å². The summed E-state index contributed by atoms with van der Waals surface area (Å²) < 4.78 is 5.35. The van der Waals surface area contributed by atoms with Crippen molar-refractivity contribution in [3.05, 3.63) is 48.0 Å². The zero-order chi connectivity index (χ0) is 15.9. The fraction of sp³-hybridized carbons (Fsp3) is 0.375. The first-order valence-corrected chi connectivity index (χ1v) is 6.71. The van der Waals surface area contributed by atoms with E-state index >= 15 is 0 Å². The van der Waals surface area contributed by atoms with Crippen molar-refractivity contribution in [3.63, 3.8) is 0 Å². The molecule has 0 aliphatic heterocycles. The van der Waals surface area contributed by atoms with Gasteiger partial charge < -0.3 is 15.2 Å². The lowest BCUT2D eigenvalue weighted by Gasteiger charge is -2.28. The van der Waals surface area contributed by atoms with Crippen molar-refractivity contribution in [1.82, 2.24) is 5.32 Å². The molecule has 1 aromatic rings. The lowest BCUT2D eigenvalue weighted by Crippen LogP contribution is -2.50. The number of amides is 1. The predicted octanol–water partition coefficient (Wildman–Crippen LogP) is 2.08. The second-order valence-corrected chi connectivity index (χ2v) is 4.77. The first kappa shape index (κ1) is 16.9. The molecule has 0 aliphatic rings. The Kier molecular flexibility index (Phi) is 6.11. The minimum absolute atomic E-state index is 0.228. The summed E-state index contributed by atoms with van der Waals surface area (Å²) in [5.41, 5.74) is -0.564. The van der Waals surface area contributed by atoms with Crippen LogP contribution in [0.2, 0.25) is 0 Å². The van der Waals surface area contributed by atoms with Gasteiger partial charge in [-0.25, -0.2) is 4.79 Å². The highest BCUT2D eigenvalue weighted by atomic mass is 16.5. The van der Waals surface area contributed by atoms with E-state index < -0.39 is 23.5 Å². The summed E-state index contributed by atoms with van der Waals surface area (Å²) in [6, 6.07) is 7.99. The van der Waals surface area contributed by atoms with Gasteiger partial charge in [0.2, 0.25) is 0 Å². The third kappa shape index (κ3) is 4.16. The number of nitrogens with one attached hydrogen (secondary N) is 1. The van der Waals surface area contributed by atoms with Crippen molar-refractivity contribution in [2.75, 3.05) is 7.11 Å². The first-order valence-electron chi connectivity index (χ1n) is 6.71. The molecule has 0 saturated heterocycles. The van der Waals surface area contributed by atoms with Crippen LogP contribution in [0.25, 0.3) is 0 Å². The Hall–Kier alpha value is -2.14. The van der Waals surface area contributed by atoms with E-state index in [4.69, 9.17) is 9.84 Å². The molecule has 2 unspecified atom stereocenters. The van der Waals surface area contributed by atoms with E-state index in [2.05, 4.69) is 5.32 Å². The molecular weight excluding hydrogens is 270 g/mol. The number of ether oxygens (including phenoxy) is 1. The second kappa shape index (κ2) is 7.59. The molecule has 0 fully saturated rings. The number of hydrogen-bond donors (Lipinski definition) is 2. The monoisotopic (exact) mass is 291 g/mol. The Morgan fingerprint density at radius 2 is 2.00 bits per heavy atom. The van der Waals surface area contributed by atoms with E-state index in [-0.39, 0.29) is 6.42 Å². The minimum Gasteiger partial charge on any atom is -0.480 e. The smallest absolute Gasteiger partial charge is 0.326 e. The largest absolute Gasteiger partial charge is 0.480 e. The third-order valence-corrected chi connectivity index (χ3v) is 3.38. The van der Waals surface area contributed by atoms with Crippen molar-refractivity contribution >= 4 is 11.9 Å². The van der Waals surface area contributed by atoms with Crippen LogP contribution in [0.5, 0.6) is 0 Å². The van der Waals surface area contributed by atoms with Crippen LogP contribution in [-0.2, 0) is 19.9 Å². The zero-order valence-corrected chi connectivity index (χ0v) is 12.5. The van der Waals surface area contributed by atoms with Crippen molar-refractivity contribution in [3.8, 4) is 0 Å². The van der Waals surface area contributed by atoms with Crippen LogP contribution in [0.15, 0.2) is 42.5 Å². The number of benzene rings is 1. The van der Waals surface area contributed by atoms with Crippen LogP contribution in [-0.4, -0.2) is 30.1 Å². The first-order chi connectivity index (χ1) is 9.95. The zero-order valence-electron chi connectivity index (χ0n) is 12.5. The molecule has 0 aliphatic carbocycles. The maximum Gasteiger partial charge on any atom is 0.326 e. The topological polar surface area (TPSA) is 75.6 Å². The number of rotatable bonds is 7. The van der Waals surface area contributed by atoms with Gasteiger partial charge >= 0.3 is 5.97 Å². The molecule has 2 N–H and O–H groups in total. The summed E-state index contributed by atoms with van der Waals surface area (Å²) in [7, 11) is 1.42. The summed E-state index contributed by atoms with van der Waals surface area (Å²) in [5, 5.41) is 11.7. The van der Waals surface area contributed by atoms with Crippen LogP contribution in [0.3, 0.4) is 0 Å². The highest BCUT2D eigenvalue weighted by Crippen LogP contribution is 2.25. The van der Waals surface area contributed by atoms with Gasteiger partial charge in [-0.05, 0) is 25.8 Å². The van der Waals surface area contributed by atoms with E-state index in [9.17, 15) is 9.59 Å². The van der Waals surface area contributed by atoms with Crippen LogP contribution in [0, 0.1) is 0 Å². The molecular formula is C16H21NO4. The van der Waals surface area contributed by atoms with Crippen LogP contribution in [0.4, 0.5) is 0 Å². The number of carboxylic acids is 1. The van der Waals surface area contributed by atoms with Crippen molar-refractivity contribution in [1.29, 1.82) is 0 Å². The van der Waals surface area contributed by atoms with Crippen LogP contribution in [0.1, 0.15) is 25.8 Å². The quantitative estimate of drug-likeness (QED) is 0.754. The summed E-state index contributed by atoms with van der Waals surface area (Å²) in [4.78, 5) is 23.7. The van der Waals surface area contributed by atoms with Crippen molar-refractivity contribution in [2.45, 2.75) is 31.9 Å². The molecule has 0 bridgehead atoms. The number of carboxylic acid groups (broad SMARTS) is 1. The predicted molar refractivity (Wildman–Crippen MR) is 79.8 cm³/mol. The van der Waals surface area contributed by atoms with Gasteiger partial charge in [-0.15, -0.1) is 0 Å². The number of carbonyl (C=O) groups is 2. The molecule has 0 saturated carbocycles. The van der Waals surface area contributed by atoms with Crippen molar-refractivity contribution in [2.24, 2.45) is 0 Å². The highest BCUT2D eigenvalue weighted by molar-refractivity contribution is 5.90. The molecule has 1 amide bonds. The summed E-state index contributed by atoms with van der Waals surface area (Å²) >= 11 is 0. The van der Waals surface area contributed by atoms with E-state index in [1.54, 1.807) is 50.3 Å². The molecule has 114 valence electrons. The van der Waals surface area contributed by atoms with E-state index in [1.165, 1.54) is 7.11 Å². The van der Waals surface area contributed by atoms with E-state index in [0.717, 1.165) is 0 Å². The molecule has 0 spiro atoms. The van der Waals surface area contributed by atoms with Gasteiger partial charge in [-0.2, -0.15) is 0 Å². The van der Waals surface area contributed by atoms with Gasteiger partial charge in [-0.1, -0.05) is 42.5 Å². The van der Waals surface area contributed by atoms with E-state index in [1.807, 2.05) is 6.07 Å². The molecule has 1 aromatic carbocycles. The van der Waals surface area contributed by atoms with Gasteiger partial charge in [0, 0.05) is 7.11 Å². The lowest BCUT2D eigenvalue weighted by atomic mass is 9.94. The van der Waals surface area contributed by atoms with Crippen LogP contribution >= 0.6 is 0 Å². The molecule has 2 atom stereocenters. The highest BCUT2D eigenvalue weighted by Gasteiger charge is 2.37.